The van der Waals surface area contributed by atoms with E-state index in [0.29, 0.717) is 6.42 Å². The summed E-state index contributed by atoms with van der Waals surface area (Å²) < 4.78 is 22.1. The lowest BCUT2D eigenvalue weighted by molar-refractivity contribution is -0.117. The van der Waals surface area contributed by atoms with Crippen LogP contribution in [0.2, 0.25) is 0 Å². The Labute approximate surface area is 94.8 Å². The fourth-order valence-corrected chi connectivity index (χ4v) is 2.33. The molecule has 1 amide bonds. The van der Waals surface area contributed by atoms with Gasteiger partial charge in [0.15, 0.2) is 0 Å². The molecule has 86 valence electrons. The van der Waals surface area contributed by atoms with E-state index >= 15 is 0 Å². The summed E-state index contributed by atoms with van der Waals surface area (Å²) in [6.07, 6.45) is 1.55. The van der Waals surface area contributed by atoms with E-state index in [1.54, 1.807) is 4.90 Å². The van der Waals surface area contributed by atoms with Gasteiger partial charge in [-0.3, -0.25) is 4.79 Å². The van der Waals surface area contributed by atoms with Crippen molar-refractivity contribution in [3.63, 3.8) is 0 Å². The summed E-state index contributed by atoms with van der Waals surface area (Å²) in [6.45, 7) is 0.245. The first kappa shape index (κ1) is 11.1. The second-order valence-electron chi connectivity index (χ2n) is 3.98. The number of fused-ring (bicyclic) bond motifs is 1. The molecule has 4 nitrogen and oxygen atoms in total. The van der Waals surface area contributed by atoms with Gasteiger partial charge in [0.25, 0.3) is 0 Å². The minimum atomic E-state index is -3.03. The number of para-hydroxylation sites is 1. The zero-order valence-corrected chi connectivity index (χ0v) is 9.83. The molecule has 0 N–H and O–H groups in total. The molecule has 0 bridgehead atoms. The van der Waals surface area contributed by atoms with Gasteiger partial charge >= 0.3 is 0 Å². The molecule has 1 aromatic carbocycles. The number of sulfone groups is 1. The quantitative estimate of drug-likeness (QED) is 0.777. The van der Waals surface area contributed by atoms with Crippen LogP contribution < -0.4 is 4.90 Å². The highest BCUT2D eigenvalue weighted by Gasteiger charge is 2.26. The number of hydrogen-bond donors (Lipinski definition) is 0. The van der Waals surface area contributed by atoms with Gasteiger partial charge in [-0.15, -0.1) is 0 Å². The molecule has 0 unspecified atom stereocenters. The molecule has 1 aliphatic rings. The fraction of sp³-hybridized carbons (Fsp3) is 0.364. The molecule has 0 aliphatic carbocycles. The van der Waals surface area contributed by atoms with Crippen LogP contribution in [-0.4, -0.2) is 32.9 Å². The van der Waals surface area contributed by atoms with Crippen LogP contribution in [0.1, 0.15) is 5.56 Å². The molecular formula is C11H13NO3S. The standard InChI is InChI=1S/C11H13NO3S/c1-16(14,15)7-6-12-10-5-3-2-4-9(10)8-11(12)13/h2-5H,6-8H2,1H3. The topological polar surface area (TPSA) is 54.5 Å². The predicted molar refractivity (Wildman–Crippen MR) is 62.2 cm³/mol. The maximum atomic E-state index is 11.7. The average Bonchev–Trinajstić information content (AvgIpc) is 2.49. The molecule has 0 spiro atoms. The lowest BCUT2D eigenvalue weighted by Crippen LogP contribution is -2.31. The number of rotatable bonds is 3. The van der Waals surface area contributed by atoms with Gasteiger partial charge in [0, 0.05) is 18.5 Å². The molecular weight excluding hydrogens is 226 g/mol. The average molecular weight is 239 g/mol. The van der Waals surface area contributed by atoms with Gasteiger partial charge in [-0.25, -0.2) is 8.42 Å². The SMILES string of the molecule is CS(=O)(=O)CCN1C(=O)Cc2ccccc21. The minimum Gasteiger partial charge on any atom is -0.311 e. The molecule has 0 atom stereocenters. The second kappa shape index (κ2) is 3.90. The van der Waals surface area contributed by atoms with Crippen LogP contribution in [0.5, 0.6) is 0 Å². The first-order valence-electron chi connectivity index (χ1n) is 5.03. The van der Waals surface area contributed by atoms with Gasteiger partial charge in [0.1, 0.15) is 9.84 Å². The number of hydrogen-bond acceptors (Lipinski definition) is 3. The molecule has 0 aromatic heterocycles. The second-order valence-corrected chi connectivity index (χ2v) is 6.24. The maximum Gasteiger partial charge on any atom is 0.231 e. The van der Waals surface area contributed by atoms with Crippen LogP contribution >= 0.6 is 0 Å². The van der Waals surface area contributed by atoms with E-state index < -0.39 is 9.84 Å². The van der Waals surface area contributed by atoms with Crippen LogP contribution in [0, 0.1) is 0 Å². The number of nitrogens with zero attached hydrogens (tertiary/aromatic N) is 1. The van der Waals surface area contributed by atoms with Gasteiger partial charge in [0.05, 0.1) is 12.2 Å². The van der Waals surface area contributed by atoms with Gasteiger partial charge < -0.3 is 4.90 Å². The highest BCUT2D eigenvalue weighted by Crippen LogP contribution is 2.27. The van der Waals surface area contributed by atoms with Crippen molar-refractivity contribution in [1.82, 2.24) is 0 Å². The molecule has 5 heteroatoms. The molecule has 2 rings (SSSR count). The number of anilines is 1. The molecule has 16 heavy (non-hydrogen) atoms. The molecule has 0 radical (unpaired) electrons. The van der Waals surface area contributed by atoms with Crippen LogP contribution in [0.15, 0.2) is 24.3 Å². The van der Waals surface area contributed by atoms with Crippen molar-refractivity contribution in [2.75, 3.05) is 23.5 Å². The van der Waals surface area contributed by atoms with Crippen LogP contribution in [-0.2, 0) is 21.1 Å². The summed E-state index contributed by atoms with van der Waals surface area (Å²) in [5.41, 5.74) is 1.82. The smallest absolute Gasteiger partial charge is 0.231 e. The van der Waals surface area contributed by atoms with E-state index in [1.807, 2.05) is 24.3 Å². The summed E-state index contributed by atoms with van der Waals surface area (Å²) in [7, 11) is -3.03. The Kier molecular flexibility index (Phi) is 2.71. The van der Waals surface area contributed by atoms with E-state index in [4.69, 9.17) is 0 Å². The van der Waals surface area contributed by atoms with E-state index in [-0.39, 0.29) is 18.2 Å². The lowest BCUT2D eigenvalue weighted by Gasteiger charge is -2.16. The summed E-state index contributed by atoms with van der Waals surface area (Å²) in [5.74, 6) is -0.0163. The van der Waals surface area contributed by atoms with Gasteiger partial charge in [-0.2, -0.15) is 0 Å². The summed E-state index contributed by atoms with van der Waals surface area (Å²) in [5, 5.41) is 0. The Bertz CT molecular complexity index is 522. The first-order chi connectivity index (χ1) is 7.47. The summed E-state index contributed by atoms with van der Waals surface area (Å²) in [6, 6.07) is 7.48. The van der Waals surface area contributed by atoms with E-state index in [9.17, 15) is 13.2 Å². The third kappa shape index (κ3) is 2.24. The highest BCUT2D eigenvalue weighted by molar-refractivity contribution is 7.90. The monoisotopic (exact) mass is 239 g/mol. The van der Waals surface area contributed by atoms with Crippen LogP contribution in [0.4, 0.5) is 5.69 Å². The number of carbonyl (C=O) groups excluding carboxylic acids is 1. The maximum absolute atomic E-state index is 11.7. The van der Waals surface area contributed by atoms with Gasteiger partial charge in [-0.1, -0.05) is 18.2 Å². The summed E-state index contributed by atoms with van der Waals surface area (Å²) >= 11 is 0. The Hall–Kier alpha value is -1.36. The Balaban J connectivity index is 2.20. The lowest BCUT2D eigenvalue weighted by atomic mass is 10.2. The molecule has 1 aliphatic heterocycles. The zero-order valence-electron chi connectivity index (χ0n) is 9.01. The van der Waals surface area contributed by atoms with Gasteiger partial charge in [0.2, 0.25) is 5.91 Å². The summed E-state index contributed by atoms with van der Waals surface area (Å²) in [4.78, 5) is 13.2. The highest BCUT2D eigenvalue weighted by atomic mass is 32.2. The molecule has 0 saturated carbocycles. The van der Waals surface area contributed by atoms with Crippen molar-refractivity contribution in [1.29, 1.82) is 0 Å². The Morgan fingerprint density at radius 2 is 2.00 bits per heavy atom. The van der Waals surface area contributed by atoms with Crippen LogP contribution in [0.25, 0.3) is 0 Å². The van der Waals surface area contributed by atoms with Crippen molar-refractivity contribution in [2.45, 2.75) is 6.42 Å². The minimum absolute atomic E-state index is 0.00702. The number of amides is 1. The third-order valence-electron chi connectivity index (χ3n) is 2.61. The van der Waals surface area contributed by atoms with E-state index in [1.165, 1.54) is 6.26 Å². The van der Waals surface area contributed by atoms with Crippen molar-refractivity contribution in [3.05, 3.63) is 29.8 Å². The molecule has 1 heterocycles. The van der Waals surface area contributed by atoms with E-state index in [2.05, 4.69) is 0 Å². The Morgan fingerprint density at radius 3 is 2.69 bits per heavy atom. The fourth-order valence-electron chi connectivity index (χ4n) is 1.82. The normalized spacial score (nSPS) is 15.3. The van der Waals surface area contributed by atoms with E-state index in [0.717, 1.165) is 11.3 Å². The third-order valence-corrected chi connectivity index (χ3v) is 3.53. The Morgan fingerprint density at radius 1 is 1.31 bits per heavy atom. The van der Waals surface area contributed by atoms with Crippen molar-refractivity contribution in [2.24, 2.45) is 0 Å². The largest absolute Gasteiger partial charge is 0.311 e. The molecule has 1 aromatic rings. The van der Waals surface area contributed by atoms with Crippen LogP contribution in [0.3, 0.4) is 0 Å². The number of carbonyl (C=O) groups is 1. The zero-order chi connectivity index (χ0) is 11.8. The molecule has 0 fully saturated rings. The van der Waals surface area contributed by atoms with Crippen molar-refractivity contribution < 1.29 is 13.2 Å². The predicted octanol–water partition coefficient (Wildman–Crippen LogP) is 0.620. The number of benzene rings is 1. The van der Waals surface area contributed by atoms with Crippen molar-refractivity contribution >= 4 is 21.4 Å². The molecule has 0 saturated heterocycles. The van der Waals surface area contributed by atoms with Gasteiger partial charge in [-0.05, 0) is 11.6 Å². The first-order valence-corrected chi connectivity index (χ1v) is 7.09. The van der Waals surface area contributed by atoms with Crippen molar-refractivity contribution in [3.8, 4) is 0 Å².